The fraction of sp³-hybridized carbons (Fsp3) is 0.316. The molecule has 47 heavy (non-hydrogen) atoms. The van der Waals surface area contributed by atoms with E-state index >= 15 is 0 Å². The second-order valence-electron chi connectivity index (χ2n) is 13.5. The van der Waals surface area contributed by atoms with Crippen LogP contribution in [0.4, 0.5) is 0 Å². The summed E-state index contributed by atoms with van der Waals surface area (Å²) in [6, 6.07) is 25.1. The molecule has 2 saturated heterocycles. The van der Waals surface area contributed by atoms with E-state index in [0.29, 0.717) is 17.1 Å². The molecule has 0 unspecified atom stereocenters. The first-order valence-corrected chi connectivity index (χ1v) is 17.5. The van der Waals surface area contributed by atoms with E-state index in [-0.39, 0.29) is 22.5 Å². The molecule has 7 rings (SSSR count). The Morgan fingerprint density at radius 1 is 0.851 bits per heavy atom. The monoisotopic (exact) mass is 649 g/mol. The van der Waals surface area contributed by atoms with E-state index in [4.69, 9.17) is 4.98 Å². The van der Waals surface area contributed by atoms with E-state index in [1.807, 2.05) is 42.2 Å². The first kappa shape index (κ1) is 32.6. The third-order valence-electron chi connectivity index (χ3n) is 9.99. The number of aromatic nitrogens is 2. The van der Waals surface area contributed by atoms with Crippen LogP contribution in [0.25, 0.3) is 33.3 Å². The number of rotatable bonds is 6. The van der Waals surface area contributed by atoms with Crippen LogP contribution in [-0.2, 0) is 10.0 Å². The molecule has 1 amide bonds. The fourth-order valence-corrected chi connectivity index (χ4v) is 8.08. The van der Waals surface area contributed by atoms with Gasteiger partial charge in [0.25, 0.3) is 15.9 Å². The van der Waals surface area contributed by atoms with Gasteiger partial charge >= 0.3 is 0 Å². The average molecular weight is 650 g/mol. The molecule has 0 bridgehead atoms. The normalized spacial score (nSPS) is 16.9. The van der Waals surface area contributed by atoms with Crippen molar-refractivity contribution in [3.8, 4) is 22.3 Å². The van der Waals surface area contributed by atoms with Crippen molar-refractivity contribution < 1.29 is 13.2 Å². The number of piperidine rings is 1. The minimum atomic E-state index is -3.92. The van der Waals surface area contributed by atoms with Gasteiger partial charge in [-0.05, 0) is 113 Å². The molecule has 4 heterocycles. The molecule has 2 aliphatic rings. The lowest BCUT2D eigenvalue weighted by Gasteiger charge is -2.48. The van der Waals surface area contributed by atoms with E-state index in [1.54, 1.807) is 36.7 Å². The topological polar surface area (TPSA) is 111 Å². The molecule has 3 N–H and O–H groups in total. The zero-order chi connectivity index (χ0) is 32.2. The molecule has 0 atom stereocenters. The lowest BCUT2D eigenvalue weighted by atomic mass is 9.88. The van der Waals surface area contributed by atoms with Crippen molar-refractivity contribution >= 4 is 27.0 Å². The molecule has 2 aliphatic heterocycles. The van der Waals surface area contributed by atoms with Gasteiger partial charge in [0.05, 0.1) is 4.90 Å². The molecule has 2 fully saturated rings. The number of hydrogen-bond donors (Lipinski definition) is 1. The minimum absolute atomic E-state index is 0. The van der Waals surface area contributed by atoms with Gasteiger partial charge in [-0.2, -0.15) is 0 Å². The average Bonchev–Trinajstić information content (AvgIpc) is 3.45. The highest BCUT2D eigenvalue weighted by atomic mass is 32.2. The van der Waals surface area contributed by atoms with Crippen LogP contribution < -0.4 is 6.15 Å². The molecule has 8 nitrogen and oxygen atoms in total. The maximum Gasteiger partial charge on any atom is 0.269 e. The molecule has 2 aromatic heterocycles. The summed E-state index contributed by atoms with van der Waals surface area (Å²) >= 11 is 0. The highest BCUT2D eigenvalue weighted by Gasteiger charge is 2.39. The van der Waals surface area contributed by atoms with E-state index < -0.39 is 10.0 Å². The number of carbonyl (C=O) groups excluding carboxylic acids is 1. The third kappa shape index (κ3) is 5.99. The van der Waals surface area contributed by atoms with Crippen molar-refractivity contribution in [3.63, 3.8) is 0 Å². The summed E-state index contributed by atoms with van der Waals surface area (Å²) in [7, 11) is -1.74. The summed E-state index contributed by atoms with van der Waals surface area (Å²) in [6.45, 7) is 9.08. The second kappa shape index (κ2) is 12.4. The van der Waals surface area contributed by atoms with Crippen molar-refractivity contribution in [3.05, 3.63) is 108 Å². The van der Waals surface area contributed by atoms with E-state index in [0.717, 1.165) is 72.1 Å². The predicted octanol–water partition coefficient (Wildman–Crippen LogP) is 7.51. The van der Waals surface area contributed by atoms with Gasteiger partial charge in [0.15, 0.2) is 5.65 Å². The van der Waals surface area contributed by atoms with Crippen LogP contribution in [0, 0.1) is 6.92 Å². The van der Waals surface area contributed by atoms with Crippen LogP contribution in [0.3, 0.4) is 0 Å². The van der Waals surface area contributed by atoms with Gasteiger partial charge in [0.1, 0.15) is 0 Å². The summed E-state index contributed by atoms with van der Waals surface area (Å²) in [4.78, 5) is 22.4. The van der Waals surface area contributed by atoms with Gasteiger partial charge in [-0.15, -0.1) is 0 Å². The van der Waals surface area contributed by atoms with Gasteiger partial charge in [-0.1, -0.05) is 54.1 Å². The highest BCUT2D eigenvalue weighted by Crippen LogP contribution is 2.37. The summed E-state index contributed by atoms with van der Waals surface area (Å²) in [5.41, 5.74) is 6.70. The Labute approximate surface area is 277 Å². The quantitative estimate of drug-likeness (QED) is 0.204. The van der Waals surface area contributed by atoms with Crippen LogP contribution in [0.1, 0.15) is 60.5 Å². The SMILES string of the molecule is Cc1ccc(S(=O)(=O)n2cc(-c3ccc(C(=O)N4CCC4(C)C)cc3)c3cc(-c4ccc(C5CCN(C)CC5)cc4)cnc32)cc1.N. The molecule has 3 aromatic carbocycles. The molecule has 0 saturated carbocycles. The highest BCUT2D eigenvalue weighted by molar-refractivity contribution is 7.90. The molecular weight excluding hydrogens is 607 g/mol. The van der Waals surface area contributed by atoms with Crippen molar-refractivity contribution in [2.24, 2.45) is 0 Å². The number of aryl methyl sites for hydroxylation is 1. The number of nitrogens with zero attached hydrogens (tertiary/aromatic N) is 4. The molecule has 0 spiro atoms. The van der Waals surface area contributed by atoms with Crippen LogP contribution in [-0.4, -0.2) is 65.3 Å². The van der Waals surface area contributed by atoms with Crippen LogP contribution in [0.15, 0.2) is 96.2 Å². The molecule has 0 radical (unpaired) electrons. The Morgan fingerprint density at radius 3 is 2.09 bits per heavy atom. The lowest BCUT2D eigenvalue weighted by molar-refractivity contribution is 0.0157. The van der Waals surface area contributed by atoms with Crippen molar-refractivity contribution in [2.75, 3.05) is 26.7 Å². The first-order valence-electron chi connectivity index (χ1n) is 16.1. The van der Waals surface area contributed by atoms with Crippen molar-refractivity contribution in [2.45, 2.75) is 56.4 Å². The molecule has 5 aromatic rings. The van der Waals surface area contributed by atoms with Crippen LogP contribution in [0.2, 0.25) is 0 Å². The number of hydrogen-bond acceptors (Lipinski definition) is 6. The van der Waals surface area contributed by atoms with Gasteiger partial charge < -0.3 is 16.0 Å². The summed E-state index contributed by atoms with van der Waals surface area (Å²) in [5.74, 6) is 0.584. The number of likely N-dealkylation sites (tertiary alicyclic amines) is 2. The summed E-state index contributed by atoms with van der Waals surface area (Å²) in [5, 5.41) is 0.732. The predicted molar refractivity (Wildman–Crippen MR) is 189 cm³/mol. The molecular formula is C38H43N5O3S. The number of fused-ring (bicyclic) bond motifs is 1. The largest absolute Gasteiger partial charge is 0.344 e. The van der Waals surface area contributed by atoms with Crippen molar-refractivity contribution in [1.29, 1.82) is 0 Å². The Morgan fingerprint density at radius 2 is 1.49 bits per heavy atom. The van der Waals surface area contributed by atoms with Crippen LogP contribution >= 0.6 is 0 Å². The maximum absolute atomic E-state index is 14.0. The smallest absolute Gasteiger partial charge is 0.269 e. The number of carbonyl (C=O) groups is 1. The minimum Gasteiger partial charge on any atom is -0.344 e. The summed E-state index contributed by atoms with van der Waals surface area (Å²) < 4.78 is 29.2. The van der Waals surface area contributed by atoms with E-state index in [2.05, 4.69) is 50.1 Å². The zero-order valence-electron chi connectivity index (χ0n) is 27.6. The van der Waals surface area contributed by atoms with E-state index in [9.17, 15) is 13.2 Å². The van der Waals surface area contributed by atoms with Gasteiger partial charge in [0, 0.05) is 46.6 Å². The fourth-order valence-electron chi connectivity index (χ4n) is 6.76. The Bertz CT molecular complexity index is 2020. The lowest BCUT2D eigenvalue weighted by Crippen LogP contribution is -2.58. The number of amides is 1. The standard InChI is InChI=1S/C38H40N4O3S.H3N/c1-26-5-15-33(16-6-26)46(44,45)42-25-35(30-11-13-31(14-12-30)37(43)41-22-19-38(41,2)3)34-23-32(24-39-36(34)42)28-9-7-27(8-10-28)29-17-20-40(4)21-18-29;/h5-16,23-25,29H,17-22H2,1-4H3;1H3. The first-order chi connectivity index (χ1) is 22.0. The van der Waals surface area contributed by atoms with Crippen LogP contribution in [0.5, 0.6) is 0 Å². The molecule has 9 heteroatoms. The van der Waals surface area contributed by atoms with E-state index in [1.165, 1.54) is 9.54 Å². The van der Waals surface area contributed by atoms with Gasteiger partial charge in [-0.25, -0.2) is 17.4 Å². The second-order valence-corrected chi connectivity index (χ2v) is 15.4. The molecule has 244 valence electrons. The number of pyridine rings is 1. The number of benzene rings is 3. The Hall–Kier alpha value is -4.31. The summed E-state index contributed by atoms with van der Waals surface area (Å²) in [6.07, 6.45) is 6.73. The Balaban J connectivity index is 0.00000386. The maximum atomic E-state index is 14.0. The Kier molecular flexibility index (Phi) is 8.59. The molecule has 0 aliphatic carbocycles. The zero-order valence-corrected chi connectivity index (χ0v) is 28.4. The van der Waals surface area contributed by atoms with Gasteiger partial charge in [0.2, 0.25) is 0 Å². The third-order valence-corrected chi connectivity index (χ3v) is 11.7. The van der Waals surface area contributed by atoms with Gasteiger partial charge in [-0.3, -0.25) is 4.79 Å². The van der Waals surface area contributed by atoms with Crippen molar-refractivity contribution in [1.82, 2.24) is 24.9 Å².